The van der Waals surface area contributed by atoms with Gasteiger partial charge in [0.2, 0.25) is 11.7 Å². The zero-order valence-corrected chi connectivity index (χ0v) is 19.8. The fraction of sp³-hybridized carbons (Fsp3) is 0.500. The lowest BCUT2D eigenvalue weighted by molar-refractivity contribution is -0.137. The van der Waals surface area contributed by atoms with Crippen LogP contribution in [0.5, 0.6) is 0 Å². The molecule has 2 aromatic rings. The number of carbonyl (C=O) groups is 1. The third kappa shape index (κ3) is 5.53. The number of nitrogens with two attached hydrogens (primary N) is 1. The number of likely N-dealkylation sites (tertiary alicyclic amines) is 1. The number of aromatic nitrogens is 2. The monoisotopic (exact) mass is 482 g/mol. The number of benzene rings is 1. The lowest BCUT2D eigenvalue weighted by Crippen LogP contribution is -2.56. The number of hydrogen-bond donors (Lipinski definition) is 2. The van der Waals surface area contributed by atoms with Gasteiger partial charge in [0.25, 0.3) is 0 Å². The van der Waals surface area contributed by atoms with E-state index in [0.717, 1.165) is 31.4 Å². The molecule has 2 aliphatic rings. The van der Waals surface area contributed by atoms with Gasteiger partial charge >= 0.3 is 0 Å². The maximum Gasteiger partial charge on any atom is 0.245 e. The topological polar surface area (TPSA) is 87.4 Å². The molecule has 0 spiro atoms. The Balaban J connectivity index is 0.00000141. The number of carbonyl (C=O) groups excluding carboxylic acids is 1. The first kappa shape index (κ1) is 24.3. The largest absolute Gasteiger partial charge is 0.381 e. The number of nitrogen functional groups attached to an aromatic ring is 1. The first-order valence-electron chi connectivity index (χ1n) is 11.0. The van der Waals surface area contributed by atoms with Crippen LogP contribution in [0.3, 0.4) is 0 Å². The number of halogens is 3. The highest BCUT2D eigenvalue weighted by molar-refractivity contribution is 6.35. The van der Waals surface area contributed by atoms with Crippen LogP contribution in [0.25, 0.3) is 0 Å². The quantitative estimate of drug-likeness (QED) is 0.661. The van der Waals surface area contributed by atoms with Gasteiger partial charge in [0.15, 0.2) is 11.6 Å². The molecule has 0 aliphatic carbocycles. The minimum Gasteiger partial charge on any atom is -0.381 e. The molecule has 4 rings (SSSR count). The molecule has 0 radical (unpaired) electrons. The van der Waals surface area contributed by atoms with Gasteiger partial charge in [-0.3, -0.25) is 4.79 Å². The molecule has 0 saturated carbocycles. The van der Waals surface area contributed by atoms with Crippen LogP contribution in [0.4, 0.5) is 21.7 Å². The maximum atomic E-state index is 14.4. The molecule has 2 unspecified atom stereocenters. The van der Waals surface area contributed by atoms with Crippen molar-refractivity contribution in [2.24, 2.45) is 0 Å². The van der Waals surface area contributed by atoms with Crippen molar-refractivity contribution in [2.75, 3.05) is 35.6 Å². The van der Waals surface area contributed by atoms with Gasteiger partial charge in [0, 0.05) is 41.4 Å². The number of amides is 1. The molecule has 3 heterocycles. The molecule has 2 aliphatic heterocycles. The molecule has 174 valence electrons. The summed E-state index contributed by atoms with van der Waals surface area (Å²) in [4.78, 5) is 24.7. The summed E-state index contributed by atoms with van der Waals surface area (Å²) in [5.74, 6) is -0.548. The molecular weight excluding hydrogens is 454 g/mol. The number of rotatable bonds is 4. The lowest BCUT2D eigenvalue weighted by atomic mass is 9.97. The van der Waals surface area contributed by atoms with Crippen molar-refractivity contribution in [3.63, 3.8) is 0 Å². The summed E-state index contributed by atoms with van der Waals surface area (Å²) in [6.07, 6.45) is 4.56. The predicted octanol–water partition coefficient (Wildman–Crippen LogP) is 4.60. The zero-order valence-electron chi connectivity index (χ0n) is 18.3. The number of hydrogen-bond acceptors (Lipinski definition) is 6. The van der Waals surface area contributed by atoms with E-state index in [1.807, 2.05) is 23.6 Å². The van der Waals surface area contributed by atoms with Gasteiger partial charge in [0.05, 0.1) is 0 Å². The van der Waals surface area contributed by atoms with E-state index in [2.05, 4.69) is 15.3 Å². The molecular formula is C22H29Cl2FN6O. The van der Waals surface area contributed by atoms with Crippen LogP contribution >= 0.6 is 23.2 Å². The second-order valence-corrected chi connectivity index (χ2v) is 8.54. The van der Waals surface area contributed by atoms with Crippen molar-refractivity contribution < 1.29 is 9.18 Å². The van der Waals surface area contributed by atoms with Gasteiger partial charge in [-0.1, -0.05) is 37.0 Å². The number of nitrogens with zero attached hydrogens (tertiary/aromatic N) is 4. The molecule has 7 nitrogen and oxygen atoms in total. The molecule has 0 bridgehead atoms. The SMILES string of the molecule is CC.Nc1ncnc(N2CCCC(N3CCCC(Nc4cc(Cl)cc(Cl)c4)C3=O)C2)c1F. The molecule has 32 heavy (non-hydrogen) atoms. The summed E-state index contributed by atoms with van der Waals surface area (Å²) < 4.78 is 14.4. The predicted molar refractivity (Wildman–Crippen MR) is 128 cm³/mol. The van der Waals surface area contributed by atoms with Crippen LogP contribution in [0, 0.1) is 5.82 Å². The summed E-state index contributed by atoms with van der Waals surface area (Å²) in [5.41, 5.74) is 6.31. The van der Waals surface area contributed by atoms with Gasteiger partial charge < -0.3 is 20.9 Å². The number of nitrogens with one attached hydrogen (secondary N) is 1. The second kappa shape index (κ2) is 11.0. The molecule has 3 N–H and O–H groups in total. The van der Waals surface area contributed by atoms with Gasteiger partial charge in [0.1, 0.15) is 12.4 Å². The third-order valence-corrected chi connectivity index (χ3v) is 6.05. The highest BCUT2D eigenvalue weighted by Crippen LogP contribution is 2.29. The van der Waals surface area contributed by atoms with Crippen LogP contribution < -0.4 is 16.0 Å². The van der Waals surface area contributed by atoms with E-state index in [1.165, 1.54) is 6.33 Å². The zero-order chi connectivity index (χ0) is 23.3. The summed E-state index contributed by atoms with van der Waals surface area (Å²) in [6, 6.07) is 4.79. The Bertz CT molecular complexity index is 926. The van der Waals surface area contributed by atoms with Crippen molar-refractivity contribution in [1.82, 2.24) is 14.9 Å². The van der Waals surface area contributed by atoms with Gasteiger partial charge in [-0.15, -0.1) is 0 Å². The molecule has 2 saturated heterocycles. The second-order valence-electron chi connectivity index (χ2n) is 7.67. The van der Waals surface area contributed by atoms with E-state index >= 15 is 0 Å². The van der Waals surface area contributed by atoms with Crippen LogP contribution in [0.2, 0.25) is 10.0 Å². The Morgan fingerprint density at radius 1 is 1.09 bits per heavy atom. The van der Waals surface area contributed by atoms with E-state index in [1.54, 1.807) is 18.2 Å². The Hall–Kier alpha value is -2.32. The van der Waals surface area contributed by atoms with Crippen LogP contribution in [0.1, 0.15) is 39.5 Å². The van der Waals surface area contributed by atoms with Crippen LogP contribution in [-0.4, -0.2) is 52.5 Å². The van der Waals surface area contributed by atoms with Crippen LogP contribution in [0.15, 0.2) is 24.5 Å². The smallest absolute Gasteiger partial charge is 0.245 e. The Kier molecular flexibility index (Phi) is 8.37. The fourth-order valence-electron chi connectivity index (χ4n) is 4.23. The average molecular weight is 483 g/mol. The first-order chi connectivity index (χ1) is 15.4. The van der Waals surface area contributed by atoms with Gasteiger partial charge in [-0.05, 0) is 43.9 Å². The van der Waals surface area contributed by atoms with Crippen molar-refractivity contribution in [1.29, 1.82) is 0 Å². The summed E-state index contributed by atoms with van der Waals surface area (Å²) in [6.45, 7) is 5.85. The van der Waals surface area contributed by atoms with Gasteiger partial charge in [-0.25, -0.2) is 9.97 Å². The molecule has 2 atom stereocenters. The highest BCUT2D eigenvalue weighted by atomic mass is 35.5. The van der Waals surface area contributed by atoms with E-state index in [4.69, 9.17) is 28.9 Å². The van der Waals surface area contributed by atoms with Crippen molar-refractivity contribution >= 4 is 46.4 Å². The summed E-state index contributed by atoms with van der Waals surface area (Å²) in [5, 5.41) is 4.30. The molecule has 1 aromatic carbocycles. The molecule has 2 fully saturated rings. The highest BCUT2D eigenvalue weighted by Gasteiger charge is 2.36. The first-order valence-corrected chi connectivity index (χ1v) is 11.7. The Morgan fingerprint density at radius 2 is 1.78 bits per heavy atom. The fourth-order valence-corrected chi connectivity index (χ4v) is 4.76. The Morgan fingerprint density at radius 3 is 2.50 bits per heavy atom. The van der Waals surface area contributed by atoms with E-state index in [9.17, 15) is 9.18 Å². The summed E-state index contributed by atoms with van der Waals surface area (Å²) in [7, 11) is 0. The van der Waals surface area contributed by atoms with E-state index in [0.29, 0.717) is 29.7 Å². The maximum absolute atomic E-state index is 14.4. The van der Waals surface area contributed by atoms with E-state index in [-0.39, 0.29) is 29.6 Å². The van der Waals surface area contributed by atoms with Crippen molar-refractivity contribution in [3.8, 4) is 0 Å². The average Bonchev–Trinajstić information content (AvgIpc) is 2.78. The van der Waals surface area contributed by atoms with E-state index < -0.39 is 5.82 Å². The third-order valence-electron chi connectivity index (χ3n) is 5.61. The van der Waals surface area contributed by atoms with Gasteiger partial charge in [-0.2, -0.15) is 4.39 Å². The standard InChI is InChI=1S/C20H23Cl2FN6O.C2H6/c21-12-7-13(22)9-14(8-12)27-16-4-2-6-29(20(16)30)15-3-1-5-28(10-15)19-17(23)18(24)25-11-26-19;1-2/h7-9,11,15-16,27H,1-6,10H2,(H2,24,25,26);1-2H3. The minimum absolute atomic E-state index is 0.0191. The van der Waals surface area contributed by atoms with Crippen LogP contribution in [-0.2, 0) is 4.79 Å². The molecule has 1 amide bonds. The lowest BCUT2D eigenvalue weighted by Gasteiger charge is -2.43. The van der Waals surface area contributed by atoms with Crippen molar-refractivity contribution in [2.45, 2.75) is 51.6 Å². The Labute approximate surface area is 198 Å². The molecule has 10 heteroatoms. The minimum atomic E-state index is -0.611. The van der Waals surface area contributed by atoms with Crippen molar-refractivity contribution in [3.05, 3.63) is 40.4 Å². The number of anilines is 3. The normalized spacial score (nSPS) is 21.1. The number of piperidine rings is 2. The molecule has 1 aromatic heterocycles. The summed E-state index contributed by atoms with van der Waals surface area (Å²) >= 11 is 12.2.